The first-order valence-corrected chi connectivity index (χ1v) is 7.12. The molecule has 0 aliphatic rings. The van der Waals surface area contributed by atoms with Crippen molar-refractivity contribution in [3.8, 4) is 5.75 Å². The molecule has 21 heavy (non-hydrogen) atoms. The molecule has 0 aliphatic heterocycles. The second-order valence-corrected chi connectivity index (χ2v) is 4.74. The highest BCUT2D eigenvalue weighted by molar-refractivity contribution is 5.84. The van der Waals surface area contributed by atoms with Gasteiger partial charge in [0, 0.05) is 6.54 Å². The van der Waals surface area contributed by atoms with Crippen molar-refractivity contribution >= 4 is 11.6 Å². The minimum Gasteiger partial charge on any atom is -0.433 e. The number of hydrogen-bond donors (Lipinski definition) is 2. The Bertz CT molecular complexity index is 441. The molecule has 6 heteroatoms. The van der Waals surface area contributed by atoms with Crippen LogP contribution in [0, 0.1) is 0 Å². The number of alkyl halides is 2. The standard InChI is InChI=1S/C15H22F2N2O2/c1-3-4-7-10-18-14(20)11(2)19-12-8-5-6-9-13(12)21-15(16)17/h5-6,8-9,11,15,19H,3-4,7,10H2,1-2H3,(H,18,20). The lowest BCUT2D eigenvalue weighted by Gasteiger charge is -2.17. The Labute approximate surface area is 123 Å². The molecule has 0 radical (unpaired) electrons. The Morgan fingerprint density at radius 1 is 1.29 bits per heavy atom. The van der Waals surface area contributed by atoms with Gasteiger partial charge in [-0.25, -0.2) is 0 Å². The van der Waals surface area contributed by atoms with Crippen molar-refractivity contribution in [2.24, 2.45) is 0 Å². The van der Waals surface area contributed by atoms with Crippen LogP contribution < -0.4 is 15.4 Å². The molecule has 0 saturated heterocycles. The quantitative estimate of drug-likeness (QED) is 0.687. The van der Waals surface area contributed by atoms with Crippen LogP contribution in [0.15, 0.2) is 24.3 Å². The maximum atomic E-state index is 12.3. The van der Waals surface area contributed by atoms with Gasteiger partial charge in [0.05, 0.1) is 5.69 Å². The van der Waals surface area contributed by atoms with Crippen LogP contribution in [0.3, 0.4) is 0 Å². The number of hydrogen-bond acceptors (Lipinski definition) is 3. The average Bonchev–Trinajstić information content (AvgIpc) is 2.45. The predicted octanol–water partition coefficient (Wildman–Crippen LogP) is 3.39. The Kier molecular flexibility index (Phi) is 7.50. The number of carbonyl (C=O) groups excluding carboxylic acids is 1. The Morgan fingerprint density at radius 2 is 2.00 bits per heavy atom. The summed E-state index contributed by atoms with van der Waals surface area (Å²) in [5.41, 5.74) is 0.369. The normalized spacial score (nSPS) is 12.0. The molecule has 1 amide bonds. The average molecular weight is 300 g/mol. The van der Waals surface area contributed by atoms with E-state index >= 15 is 0 Å². The number of nitrogens with one attached hydrogen (secondary N) is 2. The van der Waals surface area contributed by atoms with Crippen LogP contribution in [0.4, 0.5) is 14.5 Å². The molecule has 0 aliphatic carbocycles. The largest absolute Gasteiger partial charge is 0.433 e. The molecule has 1 rings (SSSR count). The van der Waals surface area contributed by atoms with E-state index in [1.165, 1.54) is 6.07 Å². The first-order chi connectivity index (χ1) is 10.0. The van der Waals surface area contributed by atoms with Crippen LogP contribution in [0.1, 0.15) is 33.1 Å². The molecule has 0 fully saturated rings. The number of unbranched alkanes of at least 4 members (excludes halogenated alkanes) is 2. The number of rotatable bonds is 9. The van der Waals surface area contributed by atoms with Crippen molar-refractivity contribution in [1.82, 2.24) is 5.32 Å². The highest BCUT2D eigenvalue weighted by Gasteiger charge is 2.15. The van der Waals surface area contributed by atoms with E-state index in [9.17, 15) is 13.6 Å². The van der Waals surface area contributed by atoms with Gasteiger partial charge in [-0.1, -0.05) is 31.9 Å². The van der Waals surface area contributed by atoms with E-state index in [1.807, 2.05) is 0 Å². The van der Waals surface area contributed by atoms with Gasteiger partial charge >= 0.3 is 6.61 Å². The number of carbonyl (C=O) groups is 1. The highest BCUT2D eigenvalue weighted by Crippen LogP contribution is 2.26. The molecule has 1 aromatic carbocycles. The van der Waals surface area contributed by atoms with E-state index in [1.54, 1.807) is 25.1 Å². The molecule has 0 bridgehead atoms. The minimum atomic E-state index is -2.90. The fourth-order valence-electron chi connectivity index (χ4n) is 1.82. The Morgan fingerprint density at radius 3 is 2.67 bits per heavy atom. The second kappa shape index (κ2) is 9.15. The monoisotopic (exact) mass is 300 g/mol. The van der Waals surface area contributed by atoms with Gasteiger partial charge < -0.3 is 15.4 Å². The second-order valence-electron chi connectivity index (χ2n) is 4.74. The molecule has 4 nitrogen and oxygen atoms in total. The van der Waals surface area contributed by atoms with Gasteiger partial charge in [-0.2, -0.15) is 8.78 Å². The lowest BCUT2D eigenvalue weighted by atomic mass is 10.2. The summed E-state index contributed by atoms with van der Waals surface area (Å²) in [5, 5.41) is 5.69. The predicted molar refractivity (Wildman–Crippen MR) is 78.7 cm³/mol. The molecular formula is C15H22F2N2O2. The number of halogens is 2. The number of ether oxygens (including phenoxy) is 1. The van der Waals surface area contributed by atoms with Crippen LogP contribution >= 0.6 is 0 Å². The first-order valence-electron chi connectivity index (χ1n) is 7.12. The molecule has 0 saturated carbocycles. The van der Waals surface area contributed by atoms with E-state index in [0.29, 0.717) is 12.2 Å². The summed E-state index contributed by atoms with van der Waals surface area (Å²) in [6, 6.07) is 5.78. The third-order valence-electron chi connectivity index (χ3n) is 2.95. The van der Waals surface area contributed by atoms with E-state index in [-0.39, 0.29) is 11.7 Å². The number of amides is 1. The van der Waals surface area contributed by atoms with Crippen LogP contribution in [-0.2, 0) is 4.79 Å². The van der Waals surface area contributed by atoms with Gasteiger partial charge in [0.2, 0.25) is 5.91 Å². The summed E-state index contributed by atoms with van der Waals surface area (Å²) < 4.78 is 29.0. The van der Waals surface area contributed by atoms with Gasteiger partial charge in [-0.3, -0.25) is 4.79 Å². The van der Waals surface area contributed by atoms with E-state index < -0.39 is 12.7 Å². The Balaban J connectivity index is 2.53. The molecule has 118 valence electrons. The molecule has 0 aromatic heterocycles. The van der Waals surface area contributed by atoms with Crippen molar-refractivity contribution in [2.75, 3.05) is 11.9 Å². The van der Waals surface area contributed by atoms with Crippen molar-refractivity contribution in [3.63, 3.8) is 0 Å². The SMILES string of the molecule is CCCCCNC(=O)C(C)Nc1ccccc1OC(F)F. The van der Waals surface area contributed by atoms with Crippen molar-refractivity contribution in [3.05, 3.63) is 24.3 Å². The zero-order chi connectivity index (χ0) is 15.7. The third-order valence-corrected chi connectivity index (χ3v) is 2.95. The minimum absolute atomic E-state index is 0.0260. The smallest absolute Gasteiger partial charge is 0.387 e. The van der Waals surface area contributed by atoms with Crippen molar-refractivity contribution < 1.29 is 18.3 Å². The van der Waals surface area contributed by atoms with Gasteiger partial charge in [0.15, 0.2) is 0 Å². The molecule has 2 N–H and O–H groups in total. The van der Waals surface area contributed by atoms with Crippen LogP contribution in [0.2, 0.25) is 0 Å². The first kappa shape index (κ1) is 17.2. The maximum absolute atomic E-state index is 12.3. The molecule has 0 spiro atoms. The van der Waals surface area contributed by atoms with Crippen LogP contribution in [0.5, 0.6) is 5.75 Å². The lowest BCUT2D eigenvalue weighted by Crippen LogP contribution is -2.38. The fourth-order valence-corrected chi connectivity index (χ4v) is 1.82. The summed E-state index contributed by atoms with van der Waals surface area (Å²) >= 11 is 0. The molecule has 1 unspecified atom stereocenters. The molecular weight excluding hydrogens is 278 g/mol. The molecule has 1 atom stereocenters. The number of benzene rings is 1. The zero-order valence-corrected chi connectivity index (χ0v) is 12.4. The summed E-state index contributed by atoms with van der Waals surface area (Å²) in [6.07, 6.45) is 3.08. The van der Waals surface area contributed by atoms with Crippen LogP contribution in [-0.4, -0.2) is 25.1 Å². The summed E-state index contributed by atoms with van der Waals surface area (Å²) in [6.45, 7) is 1.49. The van der Waals surface area contributed by atoms with Crippen molar-refractivity contribution in [1.29, 1.82) is 0 Å². The van der Waals surface area contributed by atoms with Gasteiger partial charge in [-0.15, -0.1) is 0 Å². The van der Waals surface area contributed by atoms with E-state index in [4.69, 9.17) is 0 Å². The topological polar surface area (TPSA) is 50.4 Å². The summed E-state index contributed by atoms with van der Waals surface area (Å²) in [5.74, 6) is -0.143. The third kappa shape index (κ3) is 6.42. The number of para-hydroxylation sites is 2. The highest BCUT2D eigenvalue weighted by atomic mass is 19.3. The van der Waals surface area contributed by atoms with Crippen LogP contribution in [0.25, 0.3) is 0 Å². The van der Waals surface area contributed by atoms with Gasteiger partial charge in [0.1, 0.15) is 11.8 Å². The molecule has 1 aromatic rings. The van der Waals surface area contributed by atoms with E-state index in [2.05, 4.69) is 22.3 Å². The molecule has 0 heterocycles. The van der Waals surface area contributed by atoms with Gasteiger partial charge in [0.25, 0.3) is 0 Å². The lowest BCUT2D eigenvalue weighted by molar-refractivity contribution is -0.121. The Hall–Kier alpha value is -1.85. The van der Waals surface area contributed by atoms with Gasteiger partial charge in [-0.05, 0) is 25.5 Å². The summed E-state index contributed by atoms with van der Waals surface area (Å²) in [7, 11) is 0. The maximum Gasteiger partial charge on any atom is 0.387 e. The zero-order valence-electron chi connectivity index (χ0n) is 12.4. The van der Waals surface area contributed by atoms with Crippen molar-refractivity contribution in [2.45, 2.75) is 45.8 Å². The summed E-state index contributed by atoms with van der Waals surface area (Å²) in [4.78, 5) is 11.9. The van der Waals surface area contributed by atoms with E-state index in [0.717, 1.165) is 19.3 Å². The fraction of sp³-hybridized carbons (Fsp3) is 0.533. The number of anilines is 1.